The standard InChI is InChI=1S/C16H20N2OS/c1-3-14(17-10-16-18-9-11(2)20-16)12-4-5-15-13(8-12)6-7-19-15/h4-5,8-9,14,17H,3,6-7,10H2,1-2H3. The van der Waals surface area contributed by atoms with Crippen LogP contribution in [0.3, 0.4) is 0 Å². The lowest BCUT2D eigenvalue weighted by molar-refractivity contribution is 0.356. The molecule has 1 aliphatic heterocycles. The van der Waals surface area contributed by atoms with Crippen LogP contribution in [0.5, 0.6) is 5.75 Å². The number of thiazole rings is 1. The van der Waals surface area contributed by atoms with Crippen LogP contribution in [0.1, 0.15) is 40.4 Å². The number of nitrogens with zero attached hydrogens (tertiary/aromatic N) is 1. The molecule has 0 bridgehead atoms. The van der Waals surface area contributed by atoms with Crippen molar-refractivity contribution in [3.05, 3.63) is 45.4 Å². The zero-order chi connectivity index (χ0) is 13.9. The third-order valence-electron chi connectivity index (χ3n) is 3.69. The first-order chi connectivity index (χ1) is 9.76. The van der Waals surface area contributed by atoms with E-state index in [4.69, 9.17) is 4.74 Å². The van der Waals surface area contributed by atoms with Gasteiger partial charge in [-0.25, -0.2) is 4.98 Å². The number of nitrogens with one attached hydrogen (secondary N) is 1. The molecular weight excluding hydrogens is 268 g/mol. The van der Waals surface area contributed by atoms with E-state index < -0.39 is 0 Å². The molecule has 2 heterocycles. The van der Waals surface area contributed by atoms with Crippen LogP contribution in [-0.4, -0.2) is 11.6 Å². The van der Waals surface area contributed by atoms with Gasteiger partial charge in [0.1, 0.15) is 10.8 Å². The number of aryl methyl sites for hydroxylation is 1. The lowest BCUT2D eigenvalue weighted by atomic mass is 10.0. The molecule has 1 unspecified atom stereocenters. The van der Waals surface area contributed by atoms with Gasteiger partial charge in [-0.2, -0.15) is 0 Å². The Balaban J connectivity index is 1.69. The van der Waals surface area contributed by atoms with Gasteiger partial charge < -0.3 is 10.1 Å². The van der Waals surface area contributed by atoms with Gasteiger partial charge in [0.2, 0.25) is 0 Å². The molecule has 20 heavy (non-hydrogen) atoms. The van der Waals surface area contributed by atoms with Crippen LogP contribution in [-0.2, 0) is 13.0 Å². The second-order valence-electron chi connectivity index (χ2n) is 5.17. The topological polar surface area (TPSA) is 34.2 Å². The number of aromatic nitrogens is 1. The van der Waals surface area contributed by atoms with Gasteiger partial charge >= 0.3 is 0 Å². The molecule has 3 nitrogen and oxygen atoms in total. The highest BCUT2D eigenvalue weighted by molar-refractivity contribution is 7.11. The fourth-order valence-electron chi connectivity index (χ4n) is 2.61. The van der Waals surface area contributed by atoms with Gasteiger partial charge in [0.05, 0.1) is 6.61 Å². The third-order valence-corrected chi connectivity index (χ3v) is 4.61. The summed E-state index contributed by atoms with van der Waals surface area (Å²) in [6.45, 7) is 5.97. The molecule has 0 saturated heterocycles. The summed E-state index contributed by atoms with van der Waals surface area (Å²) in [6.07, 6.45) is 4.05. The number of benzene rings is 1. The van der Waals surface area contributed by atoms with Gasteiger partial charge in [0.25, 0.3) is 0 Å². The third kappa shape index (κ3) is 2.86. The van der Waals surface area contributed by atoms with E-state index in [1.54, 1.807) is 11.3 Å². The van der Waals surface area contributed by atoms with E-state index in [1.165, 1.54) is 16.0 Å². The molecule has 3 rings (SSSR count). The highest BCUT2D eigenvalue weighted by Crippen LogP contribution is 2.29. The maximum absolute atomic E-state index is 5.57. The van der Waals surface area contributed by atoms with Crippen LogP contribution in [0.4, 0.5) is 0 Å². The SMILES string of the molecule is CCC(NCc1ncc(C)s1)c1ccc2c(c1)CCO2. The van der Waals surface area contributed by atoms with Crippen molar-refractivity contribution >= 4 is 11.3 Å². The molecule has 2 aromatic rings. The van der Waals surface area contributed by atoms with Gasteiger partial charge in [-0.15, -0.1) is 11.3 Å². The van der Waals surface area contributed by atoms with E-state index in [2.05, 4.69) is 42.3 Å². The fourth-order valence-corrected chi connectivity index (χ4v) is 3.35. The average Bonchev–Trinajstić information content (AvgIpc) is 3.07. The molecule has 0 amide bonds. The molecule has 1 atom stereocenters. The molecule has 1 aromatic heterocycles. The number of ether oxygens (including phenoxy) is 1. The summed E-state index contributed by atoms with van der Waals surface area (Å²) in [5.41, 5.74) is 2.69. The molecule has 1 aliphatic rings. The van der Waals surface area contributed by atoms with Crippen molar-refractivity contribution in [3.63, 3.8) is 0 Å². The van der Waals surface area contributed by atoms with E-state index in [0.29, 0.717) is 6.04 Å². The minimum Gasteiger partial charge on any atom is -0.493 e. The molecule has 1 aromatic carbocycles. The van der Waals surface area contributed by atoms with Crippen molar-refractivity contribution in [1.29, 1.82) is 0 Å². The first-order valence-corrected chi connectivity index (χ1v) is 7.98. The summed E-state index contributed by atoms with van der Waals surface area (Å²) in [4.78, 5) is 5.68. The fraction of sp³-hybridized carbons (Fsp3) is 0.438. The van der Waals surface area contributed by atoms with Crippen LogP contribution in [0.25, 0.3) is 0 Å². The molecular formula is C16H20N2OS. The Hall–Kier alpha value is -1.39. The summed E-state index contributed by atoms with van der Waals surface area (Å²) in [6, 6.07) is 6.95. The van der Waals surface area contributed by atoms with Crippen molar-refractivity contribution in [2.24, 2.45) is 0 Å². The number of hydrogen-bond acceptors (Lipinski definition) is 4. The zero-order valence-electron chi connectivity index (χ0n) is 12.0. The summed E-state index contributed by atoms with van der Waals surface area (Å²) in [5, 5.41) is 4.77. The Morgan fingerprint density at radius 1 is 1.45 bits per heavy atom. The van der Waals surface area contributed by atoms with Gasteiger partial charge in [-0.3, -0.25) is 0 Å². The summed E-state index contributed by atoms with van der Waals surface area (Å²) in [5.74, 6) is 1.05. The average molecular weight is 288 g/mol. The van der Waals surface area contributed by atoms with Gasteiger partial charge in [0, 0.05) is 30.1 Å². The number of fused-ring (bicyclic) bond motifs is 1. The highest BCUT2D eigenvalue weighted by atomic mass is 32.1. The highest BCUT2D eigenvalue weighted by Gasteiger charge is 2.16. The van der Waals surface area contributed by atoms with E-state index >= 15 is 0 Å². The van der Waals surface area contributed by atoms with Crippen molar-refractivity contribution in [2.45, 2.75) is 39.3 Å². The summed E-state index contributed by atoms with van der Waals surface area (Å²) >= 11 is 1.76. The molecule has 0 spiro atoms. The van der Waals surface area contributed by atoms with Crippen LogP contribution >= 0.6 is 11.3 Å². The molecule has 106 valence electrons. The van der Waals surface area contributed by atoms with Crippen LogP contribution < -0.4 is 10.1 Å². The zero-order valence-corrected chi connectivity index (χ0v) is 12.8. The Kier molecular flexibility index (Phi) is 4.03. The minimum absolute atomic E-state index is 0.380. The maximum atomic E-state index is 5.57. The van der Waals surface area contributed by atoms with Crippen molar-refractivity contribution in [3.8, 4) is 5.75 Å². The molecule has 4 heteroatoms. The van der Waals surface area contributed by atoms with E-state index in [-0.39, 0.29) is 0 Å². The second-order valence-corrected chi connectivity index (χ2v) is 6.49. The van der Waals surface area contributed by atoms with Crippen molar-refractivity contribution in [2.75, 3.05) is 6.61 Å². The molecule has 0 fully saturated rings. The lowest BCUT2D eigenvalue weighted by Crippen LogP contribution is -2.20. The van der Waals surface area contributed by atoms with E-state index in [9.17, 15) is 0 Å². The first-order valence-electron chi connectivity index (χ1n) is 7.16. The maximum Gasteiger partial charge on any atom is 0.122 e. The van der Waals surface area contributed by atoms with E-state index in [1.807, 2.05) is 6.20 Å². The minimum atomic E-state index is 0.380. The Morgan fingerprint density at radius 3 is 3.10 bits per heavy atom. The van der Waals surface area contributed by atoms with Crippen LogP contribution in [0.15, 0.2) is 24.4 Å². The lowest BCUT2D eigenvalue weighted by Gasteiger charge is -2.17. The van der Waals surface area contributed by atoms with Crippen molar-refractivity contribution in [1.82, 2.24) is 10.3 Å². The van der Waals surface area contributed by atoms with E-state index in [0.717, 1.165) is 36.8 Å². The molecule has 0 aliphatic carbocycles. The quantitative estimate of drug-likeness (QED) is 0.912. The largest absolute Gasteiger partial charge is 0.493 e. The van der Waals surface area contributed by atoms with Gasteiger partial charge in [0.15, 0.2) is 0 Å². The molecule has 0 radical (unpaired) electrons. The normalized spacial score (nSPS) is 14.9. The van der Waals surface area contributed by atoms with Crippen LogP contribution in [0.2, 0.25) is 0 Å². The summed E-state index contributed by atoms with van der Waals surface area (Å²) < 4.78 is 5.57. The Labute approximate surface area is 124 Å². The van der Waals surface area contributed by atoms with Crippen LogP contribution in [0, 0.1) is 6.92 Å². The molecule has 0 saturated carbocycles. The monoisotopic (exact) mass is 288 g/mol. The Morgan fingerprint density at radius 2 is 2.35 bits per heavy atom. The number of hydrogen-bond donors (Lipinski definition) is 1. The second kappa shape index (κ2) is 5.94. The predicted octanol–water partition coefficient (Wildman–Crippen LogP) is 3.63. The van der Waals surface area contributed by atoms with Gasteiger partial charge in [-0.05, 0) is 30.5 Å². The Bertz CT molecular complexity index is 594. The number of rotatable bonds is 5. The first kappa shape index (κ1) is 13.6. The van der Waals surface area contributed by atoms with Crippen molar-refractivity contribution < 1.29 is 4.74 Å². The molecule has 1 N–H and O–H groups in total. The van der Waals surface area contributed by atoms with Gasteiger partial charge in [-0.1, -0.05) is 19.1 Å². The smallest absolute Gasteiger partial charge is 0.122 e. The summed E-state index contributed by atoms with van der Waals surface area (Å²) in [7, 11) is 0. The predicted molar refractivity (Wildman–Crippen MR) is 82.4 cm³/mol.